The van der Waals surface area contributed by atoms with Gasteiger partial charge in [0.25, 0.3) is 0 Å². The van der Waals surface area contributed by atoms with Crippen molar-refractivity contribution in [3.8, 4) is 0 Å². The summed E-state index contributed by atoms with van der Waals surface area (Å²) in [7, 11) is 2.01. The molecule has 0 bridgehead atoms. The van der Waals surface area contributed by atoms with Gasteiger partial charge in [0, 0.05) is 4.90 Å². The average molecular weight is 223 g/mol. The number of thioether (sulfide) groups is 1. The molecule has 0 saturated carbocycles. The predicted molar refractivity (Wildman–Crippen MR) is 69.8 cm³/mol. The molecule has 0 radical (unpaired) electrons. The van der Waals surface area contributed by atoms with E-state index in [0.717, 1.165) is 6.54 Å². The van der Waals surface area contributed by atoms with Gasteiger partial charge >= 0.3 is 0 Å². The Balaban J connectivity index is 2.49. The van der Waals surface area contributed by atoms with Crippen molar-refractivity contribution in [2.45, 2.75) is 31.1 Å². The normalized spacial score (nSPS) is 10.6. The molecular weight excluding hydrogens is 202 g/mol. The van der Waals surface area contributed by atoms with Crippen LogP contribution in [0.15, 0.2) is 23.1 Å². The largest absolute Gasteiger partial charge is 0.320 e. The first kappa shape index (κ1) is 12.6. The van der Waals surface area contributed by atoms with E-state index in [1.54, 1.807) is 0 Å². The molecule has 0 aliphatic rings. The summed E-state index contributed by atoms with van der Waals surface area (Å²) in [6.07, 6.45) is 5.88. The summed E-state index contributed by atoms with van der Waals surface area (Å²) < 4.78 is 0. The highest BCUT2D eigenvalue weighted by Crippen LogP contribution is 2.19. The third-order valence-electron chi connectivity index (χ3n) is 2.49. The van der Waals surface area contributed by atoms with Gasteiger partial charge in [0.15, 0.2) is 0 Å². The van der Waals surface area contributed by atoms with Crippen LogP contribution in [0, 0.1) is 6.92 Å². The van der Waals surface area contributed by atoms with Crippen LogP contribution in [0.2, 0.25) is 0 Å². The van der Waals surface area contributed by atoms with Crippen molar-refractivity contribution >= 4 is 11.8 Å². The molecule has 0 spiro atoms. The van der Waals surface area contributed by atoms with Gasteiger partial charge in [0.05, 0.1) is 0 Å². The van der Waals surface area contributed by atoms with Gasteiger partial charge in [-0.25, -0.2) is 0 Å². The average Bonchev–Trinajstić information content (AvgIpc) is 2.23. The minimum atomic E-state index is 1.13. The van der Waals surface area contributed by atoms with Gasteiger partial charge in [-0.15, -0.1) is 11.8 Å². The zero-order valence-corrected chi connectivity index (χ0v) is 10.8. The lowest BCUT2D eigenvalue weighted by Gasteiger charge is -2.06. The summed E-state index contributed by atoms with van der Waals surface area (Å²) in [5, 5.41) is 3.18. The summed E-state index contributed by atoms with van der Waals surface area (Å²) >= 11 is 1.83. The molecule has 0 heterocycles. The summed E-state index contributed by atoms with van der Waals surface area (Å²) in [5.41, 5.74) is 2.86. The second-order valence-electron chi connectivity index (χ2n) is 3.92. The molecule has 1 N–H and O–H groups in total. The van der Waals surface area contributed by atoms with Crippen LogP contribution in [0.3, 0.4) is 0 Å². The van der Waals surface area contributed by atoms with Crippen LogP contribution >= 0.6 is 11.8 Å². The van der Waals surface area contributed by atoms with Gasteiger partial charge in [-0.05, 0) is 69.3 Å². The molecule has 1 nitrogen and oxygen atoms in total. The molecule has 0 saturated heterocycles. The van der Waals surface area contributed by atoms with E-state index >= 15 is 0 Å². The quantitative estimate of drug-likeness (QED) is 0.587. The zero-order valence-electron chi connectivity index (χ0n) is 9.97. The molecule has 0 fully saturated rings. The molecule has 0 aliphatic carbocycles. The van der Waals surface area contributed by atoms with Crippen molar-refractivity contribution in [2.24, 2.45) is 0 Å². The van der Waals surface area contributed by atoms with E-state index in [9.17, 15) is 0 Å². The SMILES string of the molecule is CNCCCCc1cc(C)cc(SC)c1. The molecule has 1 aromatic carbocycles. The number of aryl methyl sites for hydroxylation is 2. The second kappa shape index (κ2) is 6.91. The first-order valence-electron chi connectivity index (χ1n) is 5.55. The molecule has 0 unspecified atom stereocenters. The predicted octanol–water partition coefficient (Wildman–Crippen LogP) is 3.26. The fraction of sp³-hybridized carbons (Fsp3) is 0.538. The van der Waals surface area contributed by atoms with Gasteiger partial charge in [-0.2, -0.15) is 0 Å². The first-order valence-corrected chi connectivity index (χ1v) is 6.78. The molecule has 2 heteroatoms. The minimum absolute atomic E-state index is 1.13. The Hall–Kier alpha value is -0.470. The lowest BCUT2D eigenvalue weighted by atomic mass is 10.1. The third-order valence-corrected chi connectivity index (χ3v) is 3.20. The summed E-state index contributed by atoms with van der Waals surface area (Å²) in [5.74, 6) is 0. The monoisotopic (exact) mass is 223 g/mol. The Morgan fingerprint density at radius 2 is 2.00 bits per heavy atom. The number of nitrogens with one attached hydrogen (secondary N) is 1. The van der Waals surface area contributed by atoms with Crippen molar-refractivity contribution in [2.75, 3.05) is 19.8 Å². The van der Waals surface area contributed by atoms with Crippen molar-refractivity contribution in [3.63, 3.8) is 0 Å². The van der Waals surface area contributed by atoms with E-state index in [4.69, 9.17) is 0 Å². The number of rotatable bonds is 6. The van der Waals surface area contributed by atoms with Gasteiger partial charge < -0.3 is 5.32 Å². The van der Waals surface area contributed by atoms with Gasteiger partial charge in [-0.3, -0.25) is 0 Å². The lowest BCUT2D eigenvalue weighted by molar-refractivity contribution is 0.676. The smallest absolute Gasteiger partial charge is 0.00745 e. The Morgan fingerprint density at radius 1 is 1.20 bits per heavy atom. The summed E-state index contributed by atoms with van der Waals surface area (Å²) in [6.45, 7) is 3.30. The van der Waals surface area contributed by atoms with E-state index in [0.29, 0.717) is 0 Å². The van der Waals surface area contributed by atoms with E-state index < -0.39 is 0 Å². The number of unbranched alkanes of at least 4 members (excludes halogenated alkanes) is 1. The summed E-state index contributed by atoms with van der Waals surface area (Å²) in [6, 6.07) is 6.87. The van der Waals surface area contributed by atoms with E-state index in [1.807, 2.05) is 18.8 Å². The molecule has 1 aromatic rings. The third kappa shape index (κ3) is 4.72. The molecule has 15 heavy (non-hydrogen) atoms. The second-order valence-corrected chi connectivity index (χ2v) is 4.80. The van der Waals surface area contributed by atoms with Crippen LogP contribution in [-0.4, -0.2) is 19.8 Å². The maximum Gasteiger partial charge on any atom is 0.00745 e. The van der Waals surface area contributed by atoms with E-state index in [2.05, 4.69) is 36.7 Å². The van der Waals surface area contributed by atoms with Crippen LogP contribution < -0.4 is 5.32 Å². The minimum Gasteiger partial charge on any atom is -0.320 e. The lowest BCUT2D eigenvalue weighted by Crippen LogP contribution is -2.07. The molecule has 0 atom stereocenters. The number of hydrogen-bond donors (Lipinski definition) is 1. The van der Waals surface area contributed by atoms with Crippen LogP contribution in [-0.2, 0) is 6.42 Å². The molecule has 84 valence electrons. The first-order chi connectivity index (χ1) is 7.26. The number of benzene rings is 1. The van der Waals surface area contributed by atoms with Crippen LogP contribution in [0.5, 0.6) is 0 Å². The van der Waals surface area contributed by atoms with Crippen molar-refractivity contribution in [1.82, 2.24) is 5.32 Å². The van der Waals surface area contributed by atoms with Crippen molar-refractivity contribution in [3.05, 3.63) is 29.3 Å². The topological polar surface area (TPSA) is 12.0 Å². The highest BCUT2D eigenvalue weighted by atomic mass is 32.2. The van der Waals surface area contributed by atoms with E-state index in [-0.39, 0.29) is 0 Å². The Bertz CT molecular complexity index is 297. The fourth-order valence-corrected chi connectivity index (χ4v) is 2.29. The zero-order chi connectivity index (χ0) is 11.1. The van der Waals surface area contributed by atoms with Gasteiger partial charge in [0.1, 0.15) is 0 Å². The van der Waals surface area contributed by atoms with Crippen molar-refractivity contribution < 1.29 is 0 Å². The Kier molecular flexibility index (Phi) is 5.81. The van der Waals surface area contributed by atoms with Crippen LogP contribution in [0.4, 0.5) is 0 Å². The highest BCUT2D eigenvalue weighted by molar-refractivity contribution is 7.98. The molecule has 0 amide bonds. The Labute approximate surface area is 97.7 Å². The van der Waals surface area contributed by atoms with E-state index in [1.165, 1.54) is 35.3 Å². The standard InChI is InChI=1S/C13H21NS/c1-11-8-12(6-4-5-7-14-2)10-13(9-11)15-3/h8-10,14H,4-7H2,1-3H3. The maximum atomic E-state index is 3.18. The molecular formula is C13H21NS. The molecule has 0 aromatic heterocycles. The maximum absolute atomic E-state index is 3.18. The highest BCUT2D eigenvalue weighted by Gasteiger charge is 1.98. The Morgan fingerprint density at radius 3 is 2.67 bits per heavy atom. The van der Waals surface area contributed by atoms with Gasteiger partial charge in [0.2, 0.25) is 0 Å². The molecule has 1 rings (SSSR count). The van der Waals surface area contributed by atoms with Crippen molar-refractivity contribution in [1.29, 1.82) is 0 Å². The summed E-state index contributed by atoms with van der Waals surface area (Å²) in [4.78, 5) is 1.39. The fourth-order valence-electron chi connectivity index (χ4n) is 1.72. The van der Waals surface area contributed by atoms with Crippen LogP contribution in [0.1, 0.15) is 24.0 Å². The van der Waals surface area contributed by atoms with Crippen LogP contribution in [0.25, 0.3) is 0 Å². The number of hydrogen-bond acceptors (Lipinski definition) is 2. The van der Waals surface area contributed by atoms with Gasteiger partial charge in [-0.1, -0.05) is 6.07 Å². The molecule has 0 aliphatic heterocycles.